The number of hydrogen-bond acceptors (Lipinski definition) is 4. The Morgan fingerprint density at radius 3 is 3.11 bits per heavy atom. The normalized spacial score (nSPS) is 9.00. The second-order valence-corrected chi connectivity index (χ2v) is 1.39. The van der Waals surface area contributed by atoms with E-state index in [2.05, 4.69) is 26.4 Å². The molecule has 0 bridgehead atoms. The highest BCUT2D eigenvalue weighted by atomic mass is 16.5. The van der Waals surface area contributed by atoms with Crippen LogP contribution in [0, 0.1) is 6.39 Å². The Bertz CT molecular complexity index is 194. The van der Waals surface area contributed by atoms with Gasteiger partial charge < -0.3 is 4.52 Å². The summed E-state index contributed by atoms with van der Waals surface area (Å²) in [4.78, 5) is 13.7. The maximum atomic E-state index is 10.3. The zero-order valence-electron chi connectivity index (χ0n) is 4.71. The van der Waals surface area contributed by atoms with Gasteiger partial charge in [0.05, 0.1) is 0 Å². The van der Waals surface area contributed by atoms with E-state index >= 15 is 0 Å². The average molecular weight is 126 g/mol. The van der Waals surface area contributed by atoms with Crippen molar-refractivity contribution in [3.05, 3.63) is 6.39 Å². The fraction of sp³-hybridized carbons (Fsp3) is 0.250. The van der Waals surface area contributed by atoms with Crippen molar-refractivity contribution in [3.8, 4) is 0 Å². The molecule has 1 aromatic heterocycles. The maximum Gasteiger partial charge on any atom is 0.318 e. The van der Waals surface area contributed by atoms with Crippen molar-refractivity contribution in [1.29, 1.82) is 0 Å². The molecule has 0 aliphatic rings. The average Bonchev–Trinajstić information content (AvgIpc) is 2.15. The van der Waals surface area contributed by atoms with Crippen molar-refractivity contribution >= 4 is 11.9 Å². The number of amides is 1. The molecular weight excluding hydrogens is 122 g/mol. The minimum atomic E-state index is -0.232. The minimum Gasteiger partial charge on any atom is -0.327 e. The predicted molar refractivity (Wildman–Crippen MR) is 27.4 cm³/mol. The molecular formula is C4H4N3O2. The minimum absolute atomic E-state index is 0.141. The number of nitrogens with one attached hydrogen (secondary N) is 1. The van der Waals surface area contributed by atoms with Crippen LogP contribution in [0.25, 0.3) is 0 Å². The van der Waals surface area contributed by atoms with E-state index in [-0.39, 0.29) is 11.9 Å². The molecule has 1 rings (SSSR count). The van der Waals surface area contributed by atoms with E-state index in [1.54, 1.807) is 0 Å². The van der Waals surface area contributed by atoms with E-state index in [1.807, 2.05) is 0 Å². The monoisotopic (exact) mass is 126 g/mol. The largest absolute Gasteiger partial charge is 0.327 e. The fourth-order valence-electron chi connectivity index (χ4n) is 0.356. The number of rotatable bonds is 1. The number of hydrogen-bond donors (Lipinski definition) is 1. The molecule has 0 aliphatic heterocycles. The lowest BCUT2D eigenvalue weighted by molar-refractivity contribution is -0.114. The van der Waals surface area contributed by atoms with Crippen LogP contribution >= 0.6 is 0 Å². The van der Waals surface area contributed by atoms with Crippen LogP contribution in [0.5, 0.6) is 0 Å². The van der Waals surface area contributed by atoms with Crippen LogP contribution in [0.1, 0.15) is 6.92 Å². The molecule has 5 nitrogen and oxygen atoms in total. The number of aromatic nitrogens is 2. The molecule has 0 saturated heterocycles. The molecule has 0 aliphatic carbocycles. The van der Waals surface area contributed by atoms with Gasteiger partial charge in [0.1, 0.15) is 0 Å². The van der Waals surface area contributed by atoms with E-state index in [1.165, 1.54) is 6.92 Å². The Morgan fingerprint density at radius 1 is 1.89 bits per heavy atom. The van der Waals surface area contributed by atoms with Crippen LogP contribution in [0.15, 0.2) is 4.52 Å². The van der Waals surface area contributed by atoms with E-state index < -0.39 is 0 Å². The van der Waals surface area contributed by atoms with Gasteiger partial charge in [-0.15, -0.1) is 0 Å². The van der Waals surface area contributed by atoms with Crippen molar-refractivity contribution in [2.75, 3.05) is 5.32 Å². The van der Waals surface area contributed by atoms with E-state index in [4.69, 9.17) is 0 Å². The van der Waals surface area contributed by atoms with Crippen molar-refractivity contribution in [3.63, 3.8) is 0 Å². The van der Waals surface area contributed by atoms with Gasteiger partial charge in [-0.25, -0.2) is 0 Å². The highest BCUT2D eigenvalue weighted by Crippen LogP contribution is 1.91. The molecule has 9 heavy (non-hydrogen) atoms. The molecule has 0 spiro atoms. The Kier molecular flexibility index (Phi) is 1.44. The first-order valence-corrected chi connectivity index (χ1v) is 2.26. The summed E-state index contributed by atoms with van der Waals surface area (Å²) < 4.78 is 4.21. The van der Waals surface area contributed by atoms with Crippen molar-refractivity contribution in [2.45, 2.75) is 6.92 Å². The number of nitrogens with zero attached hydrogens (tertiary/aromatic N) is 2. The standard InChI is InChI=1S/C4H4N3O2/c1-3(8)6-4-5-2-9-7-4/h1H3,(H,6,7,8). The summed E-state index contributed by atoms with van der Waals surface area (Å²) in [5, 5.41) is 5.58. The van der Waals surface area contributed by atoms with Crippen LogP contribution in [0.3, 0.4) is 0 Å². The molecule has 1 heterocycles. The molecule has 0 atom stereocenters. The van der Waals surface area contributed by atoms with Crippen LogP contribution in [0.2, 0.25) is 0 Å². The van der Waals surface area contributed by atoms with Gasteiger partial charge in [-0.1, -0.05) is 0 Å². The molecule has 0 unspecified atom stereocenters. The quantitative estimate of drug-likeness (QED) is 0.567. The summed E-state index contributed by atoms with van der Waals surface area (Å²) >= 11 is 0. The van der Waals surface area contributed by atoms with Gasteiger partial charge in [0, 0.05) is 6.92 Å². The molecule has 1 aromatic rings. The molecule has 1 N–H and O–H groups in total. The third kappa shape index (κ3) is 1.52. The van der Waals surface area contributed by atoms with Crippen LogP contribution in [-0.4, -0.2) is 16.0 Å². The summed E-state index contributed by atoms with van der Waals surface area (Å²) in [6.45, 7) is 1.36. The van der Waals surface area contributed by atoms with Gasteiger partial charge >= 0.3 is 6.39 Å². The van der Waals surface area contributed by atoms with Crippen LogP contribution in [-0.2, 0) is 4.79 Å². The zero-order valence-corrected chi connectivity index (χ0v) is 4.71. The van der Waals surface area contributed by atoms with Crippen LogP contribution in [0.4, 0.5) is 5.95 Å². The van der Waals surface area contributed by atoms with Crippen LogP contribution < -0.4 is 5.32 Å². The summed E-state index contributed by atoms with van der Waals surface area (Å²) in [5.74, 6) is -0.0905. The van der Waals surface area contributed by atoms with E-state index in [0.29, 0.717) is 0 Å². The first-order chi connectivity index (χ1) is 4.29. The lowest BCUT2D eigenvalue weighted by Gasteiger charge is -1.87. The number of carbonyl (C=O) groups excluding carboxylic acids is 1. The number of carbonyl (C=O) groups is 1. The smallest absolute Gasteiger partial charge is 0.318 e. The van der Waals surface area contributed by atoms with E-state index in [9.17, 15) is 4.79 Å². The molecule has 1 amide bonds. The lowest BCUT2D eigenvalue weighted by atomic mass is 10.7. The van der Waals surface area contributed by atoms with Gasteiger partial charge in [-0.05, 0) is 5.16 Å². The topological polar surface area (TPSA) is 68.0 Å². The Hall–Kier alpha value is -1.39. The third-order valence-corrected chi connectivity index (χ3v) is 0.612. The fourth-order valence-corrected chi connectivity index (χ4v) is 0.356. The molecule has 5 heteroatoms. The molecule has 0 fully saturated rings. The van der Waals surface area contributed by atoms with Crippen molar-refractivity contribution in [1.82, 2.24) is 10.1 Å². The van der Waals surface area contributed by atoms with E-state index in [0.717, 1.165) is 0 Å². The Balaban J connectivity index is 2.58. The molecule has 1 radical (unpaired) electrons. The maximum absolute atomic E-state index is 10.3. The Morgan fingerprint density at radius 2 is 2.67 bits per heavy atom. The first kappa shape index (κ1) is 5.74. The molecule has 47 valence electrons. The summed E-state index contributed by atoms with van der Waals surface area (Å²) in [5.41, 5.74) is 0. The zero-order chi connectivity index (χ0) is 6.69. The summed E-state index contributed by atoms with van der Waals surface area (Å²) in [7, 11) is 0. The van der Waals surface area contributed by atoms with Gasteiger partial charge in [0.25, 0.3) is 5.95 Å². The molecule has 0 aromatic carbocycles. The highest BCUT2D eigenvalue weighted by Gasteiger charge is 1.97. The number of anilines is 1. The second kappa shape index (κ2) is 2.25. The first-order valence-electron chi connectivity index (χ1n) is 2.26. The van der Waals surface area contributed by atoms with Gasteiger partial charge in [0.15, 0.2) is 0 Å². The predicted octanol–water partition coefficient (Wildman–Crippen LogP) is -0.172. The van der Waals surface area contributed by atoms with Gasteiger partial charge in [-0.2, -0.15) is 4.98 Å². The summed E-state index contributed by atoms with van der Waals surface area (Å²) in [6.07, 6.45) is 2.08. The lowest BCUT2D eigenvalue weighted by Crippen LogP contribution is -2.06. The van der Waals surface area contributed by atoms with Crippen molar-refractivity contribution < 1.29 is 9.32 Å². The van der Waals surface area contributed by atoms with Gasteiger partial charge in [0.2, 0.25) is 5.91 Å². The Labute approximate surface area is 51.1 Å². The molecule has 0 saturated carbocycles. The van der Waals surface area contributed by atoms with Gasteiger partial charge in [-0.3, -0.25) is 10.1 Å². The third-order valence-electron chi connectivity index (χ3n) is 0.612. The second-order valence-electron chi connectivity index (χ2n) is 1.39. The summed E-state index contributed by atoms with van der Waals surface area (Å²) in [6, 6.07) is 0. The van der Waals surface area contributed by atoms with Crippen molar-refractivity contribution in [2.24, 2.45) is 0 Å². The SMILES string of the molecule is CC(=O)Nc1n[c]on1. The highest BCUT2D eigenvalue weighted by molar-refractivity contribution is 5.86.